The molecule has 3 heteroatoms. The number of hydrogen-bond acceptors (Lipinski definition) is 2. The Balaban J connectivity index is 2.20. The Labute approximate surface area is 125 Å². The van der Waals surface area contributed by atoms with E-state index in [1.807, 2.05) is 25.1 Å². The summed E-state index contributed by atoms with van der Waals surface area (Å²) < 4.78 is 5.08. The van der Waals surface area contributed by atoms with E-state index in [0.29, 0.717) is 0 Å². The fourth-order valence-electron chi connectivity index (χ4n) is 2.25. The van der Waals surface area contributed by atoms with Crippen LogP contribution in [0.3, 0.4) is 0 Å². The quantitative estimate of drug-likeness (QED) is 0.906. The Morgan fingerprint density at radius 3 is 2.50 bits per heavy atom. The third-order valence-electron chi connectivity index (χ3n) is 3.58. The highest BCUT2D eigenvalue weighted by molar-refractivity contribution is 6.31. The molecule has 1 atom stereocenters. The van der Waals surface area contributed by atoms with E-state index in [1.54, 1.807) is 7.11 Å². The van der Waals surface area contributed by atoms with Gasteiger partial charge in [0.1, 0.15) is 0 Å². The highest BCUT2D eigenvalue weighted by Gasteiger charge is 2.12. The molecule has 0 saturated carbocycles. The lowest BCUT2D eigenvalue weighted by molar-refractivity contribution is 0.202. The molecular weight excluding hydrogens is 270 g/mol. The van der Waals surface area contributed by atoms with Crippen molar-refractivity contribution in [1.82, 2.24) is 0 Å². The van der Waals surface area contributed by atoms with Gasteiger partial charge in [-0.1, -0.05) is 48.0 Å². The largest absolute Gasteiger partial charge is 0.384 e. The molecular formula is C17H20ClNO. The van der Waals surface area contributed by atoms with Gasteiger partial charge in [0.05, 0.1) is 12.6 Å². The van der Waals surface area contributed by atoms with E-state index in [2.05, 4.69) is 24.3 Å². The third-order valence-corrected chi connectivity index (χ3v) is 3.99. The minimum Gasteiger partial charge on any atom is -0.384 e. The summed E-state index contributed by atoms with van der Waals surface area (Å²) in [4.78, 5) is 0. The molecule has 20 heavy (non-hydrogen) atoms. The molecule has 0 aliphatic heterocycles. The average Bonchev–Trinajstić information content (AvgIpc) is 2.48. The number of halogens is 1. The Morgan fingerprint density at radius 1 is 1.15 bits per heavy atom. The maximum atomic E-state index is 6.35. The Bertz CT molecular complexity index is 566. The summed E-state index contributed by atoms with van der Waals surface area (Å²) in [6, 6.07) is 14.1. The van der Waals surface area contributed by atoms with Crippen LogP contribution >= 0.6 is 11.6 Å². The van der Waals surface area contributed by atoms with Gasteiger partial charge in [0.2, 0.25) is 0 Å². The molecule has 0 aromatic heterocycles. The number of methoxy groups -OCH3 is 1. The molecule has 0 aliphatic carbocycles. The van der Waals surface area contributed by atoms with Gasteiger partial charge in [0.25, 0.3) is 0 Å². The first-order chi connectivity index (χ1) is 9.63. The van der Waals surface area contributed by atoms with Crippen molar-refractivity contribution in [3.8, 4) is 0 Å². The number of benzene rings is 2. The number of rotatable bonds is 5. The molecule has 0 fully saturated rings. The lowest BCUT2D eigenvalue weighted by Gasteiger charge is -2.16. The van der Waals surface area contributed by atoms with Crippen LogP contribution < -0.4 is 5.73 Å². The van der Waals surface area contributed by atoms with Crippen LogP contribution in [0, 0.1) is 6.92 Å². The summed E-state index contributed by atoms with van der Waals surface area (Å²) in [5, 5.41) is 0.759. The van der Waals surface area contributed by atoms with Crippen LogP contribution in [0.25, 0.3) is 0 Å². The second kappa shape index (κ2) is 6.89. The summed E-state index contributed by atoms with van der Waals surface area (Å²) in [5.41, 5.74) is 10.8. The summed E-state index contributed by atoms with van der Waals surface area (Å²) in [7, 11) is 1.71. The van der Waals surface area contributed by atoms with Gasteiger partial charge < -0.3 is 10.5 Å². The van der Waals surface area contributed by atoms with Crippen molar-refractivity contribution in [2.24, 2.45) is 5.73 Å². The molecule has 0 aliphatic rings. The zero-order chi connectivity index (χ0) is 14.5. The van der Waals surface area contributed by atoms with Crippen LogP contribution in [-0.4, -0.2) is 13.7 Å². The summed E-state index contributed by atoms with van der Waals surface area (Å²) in [5.74, 6) is 0. The van der Waals surface area contributed by atoms with Gasteiger partial charge in [-0.25, -0.2) is 0 Å². The predicted molar refractivity (Wildman–Crippen MR) is 84.2 cm³/mol. The molecule has 2 rings (SSSR count). The van der Waals surface area contributed by atoms with Crippen molar-refractivity contribution in [3.63, 3.8) is 0 Å². The lowest BCUT2D eigenvalue weighted by Crippen LogP contribution is -2.13. The molecule has 106 valence electrons. The van der Waals surface area contributed by atoms with Crippen molar-refractivity contribution in [1.29, 1.82) is 0 Å². The van der Waals surface area contributed by atoms with Crippen molar-refractivity contribution in [2.45, 2.75) is 19.4 Å². The monoisotopic (exact) mass is 289 g/mol. The van der Waals surface area contributed by atoms with Crippen LogP contribution in [-0.2, 0) is 11.2 Å². The highest BCUT2D eigenvalue weighted by atomic mass is 35.5. The second-order valence-corrected chi connectivity index (χ2v) is 5.32. The van der Waals surface area contributed by atoms with E-state index in [1.165, 1.54) is 5.56 Å². The van der Waals surface area contributed by atoms with Crippen molar-refractivity contribution in [3.05, 3.63) is 69.7 Å². The molecule has 2 nitrogen and oxygen atoms in total. The maximum Gasteiger partial charge on any atom is 0.0554 e. The smallest absolute Gasteiger partial charge is 0.0554 e. The number of hydrogen-bond donors (Lipinski definition) is 1. The van der Waals surface area contributed by atoms with Crippen molar-refractivity contribution < 1.29 is 4.74 Å². The van der Waals surface area contributed by atoms with E-state index in [4.69, 9.17) is 22.1 Å². The van der Waals surface area contributed by atoms with E-state index in [0.717, 1.165) is 34.7 Å². The van der Waals surface area contributed by atoms with Gasteiger partial charge in [-0.3, -0.25) is 0 Å². The molecule has 0 spiro atoms. The molecule has 2 aromatic carbocycles. The first kappa shape index (κ1) is 15.0. The average molecular weight is 290 g/mol. The number of ether oxygens (including phenoxy) is 1. The Hall–Kier alpha value is -1.35. The van der Waals surface area contributed by atoms with Crippen LogP contribution in [0.15, 0.2) is 42.5 Å². The molecule has 2 aromatic rings. The predicted octanol–water partition coefficient (Wildman–Crippen LogP) is 3.89. The van der Waals surface area contributed by atoms with Crippen molar-refractivity contribution in [2.75, 3.05) is 13.7 Å². The SMILES string of the molecule is COCCc1ccc(C(N)c2cccc(Cl)c2C)cc1. The molecule has 0 bridgehead atoms. The first-order valence-corrected chi connectivity index (χ1v) is 7.09. The van der Waals surface area contributed by atoms with Crippen LogP contribution in [0.2, 0.25) is 5.02 Å². The minimum atomic E-state index is -0.148. The standard InChI is InChI=1S/C17H20ClNO/c1-12-15(4-3-5-16(12)18)17(19)14-8-6-13(7-9-14)10-11-20-2/h3-9,17H,10-11,19H2,1-2H3. The molecule has 1 unspecified atom stereocenters. The van der Waals surface area contributed by atoms with Crippen LogP contribution in [0.1, 0.15) is 28.3 Å². The molecule has 0 radical (unpaired) electrons. The van der Waals surface area contributed by atoms with Gasteiger partial charge in [-0.15, -0.1) is 0 Å². The highest BCUT2D eigenvalue weighted by Crippen LogP contribution is 2.27. The van der Waals surface area contributed by atoms with Crippen molar-refractivity contribution >= 4 is 11.6 Å². The minimum absolute atomic E-state index is 0.148. The normalized spacial score (nSPS) is 12.4. The van der Waals surface area contributed by atoms with E-state index in [9.17, 15) is 0 Å². The van der Waals surface area contributed by atoms with E-state index in [-0.39, 0.29) is 6.04 Å². The maximum absolute atomic E-state index is 6.35. The zero-order valence-corrected chi connectivity index (χ0v) is 12.7. The van der Waals surface area contributed by atoms with Gasteiger partial charge in [0, 0.05) is 12.1 Å². The summed E-state index contributed by atoms with van der Waals surface area (Å²) in [6.07, 6.45) is 0.919. The molecule has 0 amide bonds. The second-order valence-electron chi connectivity index (χ2n) is 4.92. The van der Waals surface area contributed by atoms with Gasteiger partial charge >= 0.3 is 0 Å². The van der Waals surface area contributed by atoms with E-state index < -0.39 is 0 Å². The lowest BCUT2D eigenvalue weighted by atomic mass is 9.95. The molecule has 2 N–H and O–H groups in total. The first-order valence-electron chi connectivity index (χ1n) is 6.72. The van der Waals surface area contributed by atoms with Gasteiger partial charge in [-0.2, -0.15) is 0 Å². The Morgan fingerprint density at radius 2 is 1.85 bits per heavy atom. The van der Waals surface area contributed by atoms with Gasteiger partial charge in [0.15, 0.2) is 0 Å². The van der Waals surface area contributed by atoms with Crippen LogP contribution in [0.5, 0.6) is 0 Å². The topological polar surface area (TPSA) is 35.2 Å². The molecule has 0 heterocycles. The third kappa shape index (κ3) is 3.40. The van der Waals surface area contributed by atoms with Gasteiger partial charge in [-0.05, 0) is 41.7 Å². The van der Waals surface area contributed by atoms with E-state index >= 15 is 0 Å². The molecule has 0 saturated heterocycles. The zero-order valence-electron chi connectivity index (χ0n) is 11.9. The summed E-state index contributed by atoms with van der Waals surface area (Å²) in [6.45, 7) is 2.74. The summed E-state index contributed by atoms with van der Waals surface area (Å²) >= 11 is 6.16. The number of nitrogens with two attached hydrogens (primary N) is 1. The fraction of sp³-hybridized carbons (Fsp3) is 0.294. The Kier molecular flexibility index (Phi) is 5.18. The fourth-order valence-corrected chi connectivity index (χ4v) is 2.43. The van der Waals surface area contributed by atoms with Crippen LogP contribution in [0.4, 0.5) is 0 Å².